The second kappa shape index (κ2) is 7.97. The lowest BCUT2D eigenvalue weighted by molar-refractivity contribution is -0.163. The van der Waals surface area contributed by atoms with Crippen LogP contribution in [-0.4, -0.2) is 61.6 Å². The molecule has 2 aliphatic rings. The highest BCUT2D eigenvalue weighted by Crippen LogP contribution is 2.52. The van der Waals surface area contributed by atoms with E-state index in [1.165, 1.54) is 24.2 Å². The lowest BCUT2D eigenvalue weighted by Crippen LogP contribution is -2.63. The topological polar surface area (TPSA) is 107 Å². The molecule has 140 valence electrons. The molecule has 9 heteroatoms. The van der Waals surface area contributed by atoms with Crippen LogP contribution in [0.5, 0.6) is 0 Å². The number of carboxylic acid groups (broad SMARTS) is 1. The third-order valence-electron chi connectivity index (χ3n) is 4.71. The minimum absolute atomic E-state index is 0.171. The van der Waals surface area contributed by atoms with Crippen LogP contribution in [0.2, 0.25) is 0 Å². The summed E-state index contributed by atoms with van der Waals surface area (Å²) in [5, 5.41) is 9.54. The zero-order valence-corrected chi connectivity index (χ0v) is 15.7. The van der Waals surface area contributed by atoms with Gasteiger partial charge in [-0.25, -0.2) is 9.59 Å². The first-order chi connectivity index (χ1) is 11.8. The van der Waals surface area contributed by atoms with Crippen molar-refractivity contribution in [2.45, 2.75) is 48.9 Å². The number of nitrogens with zero attached hydrogens (tertiary/aromatic N) is 1. The summed E-state index contributed by atoms with van der Waals surface area (Å²) < 4.78 is 15.6. The molecule has 1 amide bonds. The number of halogens is 1. The fourth-order valence-corrected chi connectivity index (χ4v) is 5.70. The molecule has 0 aromatic carbocycles. The third kappa shape index (κ3) is 3.66. The quantitative estimate of drug-likeness (QED) is 0.219. The molecule has 2 saturated heterocycles. The molecule has 0 aliphatic carbocycles. The van der Waals surface area contributed by atoms with Crippen LogP contribution in [0.3, 0.4) is 0 Å². The number of carboxylic acids is 1. The molecule has 1 N–H and O–H groups in total. The smallest absolute Gasteiger partial charge is 0.333 e. The molecule has 0 aromatic heterocycles. The summed E-state index contributed by atoms with van der Waals surface area (Å²) in [5.41, 5.74) is 0. The number of rotatable bonds is 8. The van der Waals surface area contributed by atoms with Crippen LogP contribution < -0.4 is 0 Å². The molecule has 0 saturated carbocycles. The highest BCUT2D eigenvalue weighted by molar-refractivity contribution is 7.94. The SMILES string of the molecule is CCCC[S+]([O-])C1(Cl)CC2C(C/C=C/C(=O)OC)C(=O)N2C1C(=O)O. The molecule has 2 heterocycles. The van der Waals surface area contributed by atoms with E-state index in [1.54, 1.807) is 0 Å². The number of amides is 1. The maximum atomic E-state index is 12.6. The molecule has 5 atom stereocenters. The van der Waals surface area contributed by atoms with E-state index in [2.05, 4.69) is 4.74 Å². The Kier molecular flexibility index (Phi) is 6.40. The number of carbonyl (C=O) groups is 3. The van der Waals surface area contributed by atoms with E-state index in [4.69, 9.17) is 11.6 Å². The van der Waals surface area contributed by atoms with Crippen molar-refractivity contribution in [3.8, 4) is 0 Å². The van der Waals surface area contributed by atoms with Gasteiger partial charge < -0.3 is 19.3 Å². The molecule has 0 spiro atoms. The van der Waals surface area contributed by atoms with Crippen LogP contribution in [0, 0.1) is 5.92 Å². The van der Waals surface area contributed by atoms with Crippen LogP contribution in [0.1, 0.15) is 32.6 Å². The monoisotopic (exact) mass is 391 g/mol. The van der Waals surface area contributed by atoms with Crippen molar-refractivity contribution in [2.24, 2.45) is 5.92 Å². The van der Waals surface area contributed by atoms with Gasteiger partial charge in [0.05, 0.1) is 19.1 Å². The largest absolute Gasteiger partial charge is 0.615 e. The van der Waals surface area contributed by atoms with Gasteiger partial charge in [-0.1, -0.05) is 31.0 Å². The van der Waals surface area contributed by atoms with Gasteiger partial charge in [-0.15, -0.1) is 0 Å². The summed E-state index contributed by atoms with van der Waals surface area (Å²) in [5.74, 6) is -2.23. The number of ether oxygens (including phenoxy) is 1. The van der Waals surface area contributed by atoms with Gasteiger partial charge >= 0.3 is 11.9 Å². The predicted molar refractivity (Wildman–Crippen MR) is 92.4 cm³/mol. The molecule has 2 rings (SSSR count). The fraction of sp³-hybridized carbons (Fsp3) is 0.688. The van der Waals surface area contributed by atoms with Gasteiger partial charge in [0.25, 0.3) is 0 Å². The van der Waals surface area contributed by atoms with Gasteiger partial charge in [-0.2, -0.15) is 0 Å². The number of hydrogen-bond donors (Lipinski definition) is 1. The number of unbranched alkanes of at least 4 members (excludes halogenated alkanes) is 1. The van der Waals surface area contributed by atoms with Gasteiger partial charge in [-0.3, -0.25) is 4.79 Å². The third-order valence-corrected chi connectivity index (χ3v) is 7.39. The highest BCUT2D eigenvalue weighted by Gasteiger charge is 2.70. The molecule has 0 bridgehead atoms. The summed E-state index contributed by atoms with van der Waals surface area (Å²) >= 11 is 4.96. The minimum Gasteiger partial charge on any atom is -0.615 e. The van der Waals surface area contributed by atoms with Crippen molar-refractivity contribution in [3.63, 3.8) is 0 Å². The van der Waals surface area contributed by atoms with Crippen molar-refractivity contribution >= 4 is 40.6 Å². The Hall–Kier alpha value is -1.25. The maximum absolute atomic E-state index is 12.6. The van der Waals surface area contributed by atoms with Crippen molar-refractivity contribution in [1.29, 1.82) is 0 Å². The van der Waals surface area contributed by atoms with E-state index >= 15 is 0 Å². The van der Waals surface area contributed by atoms with E-state index in [0.29, 0.717) is 12.2 Å². The van der Waals surface area contributed by atoms with Crippen molar-refractivity contribution in [1.82, 2.24) is 4.90 Å². The molecule has 0 aromatic rings. The summed E-state index contributed by atoms with van der Waals surface area (Å²) in [7, 11) is 1.25. The lowest BCUT2D eigenvalue weighted by atomic mass is 9.85. The van der Waals surface area contributed by atoms with Gasteiger partial charge in [0.1, 0.15) is 5.75 Å². The van der Waals surface area contributed by atoms with E-state index < -0.39 is 39.3 Å². The molecule has 2 aliphatic heterocycles. The van der Waals surface area contributed by atoms with E-state index in [-0.39, 0.29) is 24.8 Å². The van der Waals surface area contributed by atoms with Gasteiger partial charge in [-0.05, 0) is 24.0 Å². The van der Waals surface area contributed by atoms with Crippen molar-refractivity contribution < 1.29 is 28.8 Å². The Bertz CT molecular complexity index is 585. The lowest BCUT2D eigenvalue weighted by Gasteiger charge is -2.43. The highest BCUT2D eigenvalue weighted by atomic mass is 35.5. The number of fused-ring (bicyclic) bond motifs is 1. The minimum atomic E-state index is -1.56. The number of hydrogen-bond acceptors (Lipinski definition) is 5. The van der Waals surface area contributed by atoms with Crippen LogP contribution >= 0.6 is 11.6 Å². The summed E-state index contributed by atoms with van der Waals surface area (Å²) in [6, 6.07) is -1.66. The second-order valence-corrected chi connectivity index (χ2v) is 8.94. The first kappa shape index (κ1) is 20.1. The summed E-state index contributed by atoms with van der Waals surface area (Å²) in [4.78, 5) is 36.4. The number of alkyl halides is 1. The molecule has 5 unspecified atom stereocenters. The van der Waals surface area contributed by atoms with Crippen LogP contribution in [0.15, 0.2) is 12.2 Å². The molecule has 25 heavy (non-hydrogen) atoms. The molecule has 0 radical (unpaired) electrons. The van der Waals surface area contributed by atoms with Crippen LogP contribution in [-0.2, 0) is 30.3 Å². The summed E-state index contributed by atoms with van der Waals surface area (Å²) in [6.45, 7) is 1.95. The number of esters is 1. The second-order valence-electron chi connectivity index (χ2n) is 6.21. The molecule has 7 nitrogen and oxygen atoms in total. The van der Waals surface area contributed by atoms with Crippen molar-refractivity contribution in [3.05, 3.63) is 12.2 Å². The normalized spacial score (nSPS) is 32.4. The number of carbonyl (C=O) groups excluding carboxylic acids is 2. The van der Waals surface area contributed by atoms with E-state index in [0.717, 1.165) is 6.42 Å². The van der Waals surface area contributed by atoms with Gasteiger partial charge in [0.2, 0.25) is 10.1 Å². The van der Waals surface area contributed by atoms with Crippen LogP contribution in [0.25, 0.3) is 0 Å². The Morgan fingerprint density at radius 1 is 1.56 bits per heavy atom. The first-order valence-corrected chi connectivity index (χ1v) is 9.84. The average Bonchev–Trinajstić information content (AvgIpc) is 2.87. The van der Waals surface area contributed by atoms with E-state index in [9.17, 15) is 24.0 Å². The Balaban J connectivity index is 2.14. The molecular formula is C16H22ClNO6S. The van der Waals surface area contributed by atoms with Gasteiger partial charge in [0.15, 0.2) is 6.04 Å². The molecular weight excluding hydrogens is 370 g/mol. The number of β-lactam (4-membered cyclic amide) rings is 1. The number of allylic oxidation sites excluding steroid dienone is 1. The maximum Gasteiger partial charge on any atom is 0.333 e. The Labute approximate surface area is 154 Å². The standard InChI is InChI=1S/C16H22ClNO6S/c1-3-4-8-25(23)16(17)9-11-10(6-5-7-12(19)24-2)14(20)18(11)13(16)15(21)22/h5,7,10-11,13H,3-4,6,8-9H2,1-2H3,(H,21,22)/b7-5+. The van der Waals surface area contributed by atoms with Crippen molar-refractivity contribution in [2.75, 3.05) is 12.9 Å². The Morgan fingerprint density at radius 2 is 2.24 bits per heavy atom. The zero-order valence-electron chi connectivity index (χ0n) is 14.1. The number of aliphatic carboxylic acids is 1. The van der Waals surface area contributed by atoms with E-state index in [1.807, 2.05) is 6.92 Å². The fourth-order valence-electron chi connectivity index (χ4n) is 3.40. The predicted octanol–water partition coefficient (Wildman–Crippen LogP) is 1.27. The summed E-state index contributed by atoms with van der Waals surface area (Å²) in [6.07, 6.45) is 4.72. The molecule has 2 fully saturated rings. The zero-order chi connectivity index (χ0) is 18.8. The van der Waals surface area contributed by atoms with Gasteiger partial charge in [0, 0.05) is 12.5 Å². The Morgan fingerprint density at radius 3 is 2.80 bits per heavy atom. The average molecular weight is 392 g/mol. The number of methoxy groups -OCH3 is 1. The first-order valence-electron chi connectivity index (χ1n) is 8.14. The van der Waals surface area contributed by atoms with Crippen LogP contribution in [0.4, 0.5) is 0 Å².